The Morgan fingerprint density at radius 3 is 2.25 bits per heavy atom. The molecular weight excluding hydrogens is 230 g/mol. The Kier molecular flexibility index (Phi) is 6.34. The van der Waals surface area contributed by atoms with E-state index in [1.807, 2.05) is 24.3 Å². The fourth-order valence-electron chi connectivity index (χ4n) is 1.17. The first-order valence-corrected chi connectivity index (χ1v) is 4.65. The maximum atomic E-state index is 11.1. The lowest BCUT2D eigenvalue weighted by Gasteiger charge is -2.12. The minimum absolute atomic E-state index is 0. The number of ether oxygens (including phenoxy) is 2. The molecule has 90 valence electrons. The summed E-state index contributed by atoms with van der Waals surface area (Å²) in [4.78, 5) is 11.1. The average Bonchev–Trinajstić information content (AvgIpc) is 2.29. The van der Waals surface area contributed by atoms with Crippen LogP contribution in [0.3, 0.4) is 0 Å². The van der Waals surface area contributed by atoms with Crippen LogP contribution in [0.1, 0.15) is 6.92 Å². The van der Waals surface area contributed by atoms with Crippen LogP contribution < -0.4 is 10.1 Å². The largest absolute Gasteiger partial charge is 0.497 e. The highest BCUT2D eigenvalue weighted by Gasteiger charge is 2.11. The molecule has 0 heterocycles. The number of esters is 1. The number of benzene rings is 1. The zero-order chi connectivity index (χ0) is 11.3. The second-order valence-electron chi connectivity index (χ2n) is 3.12. The number of halogens is 1. The number of carbonyl (C=O) groups is 1. The summed E-state index contributed by atoms with van der Waals surface area (Å²) in [6.45, 7) is 1.75. The molecule has 0 aliphatic rings. The van der Waals surface area contributed by atoms with Gasteiger partial charge in [0, 0.05) is 5.69 Å². The number of rotatable bonds is 4. The van der Waals surface area contributed by atoms with Crippen molar-refractivity contribution in [3.8, 4) is 5.75 Å². The Hall–Kier alpha value is -1.42. The van der Waals surface area contributed by atoms with Gasteiger partial charge in [-0.3, -0.25) is 0 Å². The van der Waals surface area contributed by atoms with E-state index < -0.39 is 0 Å². The van der Waals surface area contributed by atoms with Gasteiger partial charge in [-0.25, -0.2) is 4.79 Å². The maximum absolute atomic E-state index is 11.1. The fraction of sp³-hybridized carbons (Fsp3) is 0.364. The second-order valence-corrected chi connectivity index (χ2v) is 3.12. The normalized spacial score (nSPS) is 10.9. The highest BCUT2D eigenvalue weighted by Crippen LogP contribution is 2.15. The quantitative estimate of drug-likeness (QED) is 0.826. The Balaban J connectivity index is 0.00000225. The molecule has 0 saturated carbocycles. The van der Waals surface area contributed by atoms with Gasteiger partial charge in [-0.05, 0) is 31.2 Å². The van der Waals surface area contributed by atoms with Gasteiger partial charge in [0.05, 0.1) is 14.2 Å². The first-order chi connectivity index (χ1) is 7.17. The van der Waals surface area contributed by atoms with E-state index in [0.29, 0.717) is 0 Å². The SMILES string of the molecule is COC(=O)[C@H](C)Nc1ccc(OC)cc1.Cl. The minimum atomic E-state index is -0.358. The molecule has 0 spiro atoms. The molecular formula is C11H16ClNO3. The van der Waals surface area contributed by atoms with Gasteiger partial charge in [-0.15, -0.1) is 12.4 Å². The van der Waals surface area contributed by atoms with Crippen molar-refractivity contribution in [2.45, 2.75) is 13.0 Å². The van der Waals surface area contributed by atoms with E-state index >= 15 is 0 Å². The highest BCUT2D eigenvalue weighted by molar-refractivity contribution is 5.85. The highest BCUT2D eigenvalue weighted by atomic mass is 35.5. The minimum Gasteiger partial charge on any atom is -0.497 e. The lowest BCUT2D eigenvalue weighted by molar-refractivity contribution is -0.141. The van der Waals surface area contributed by atoms with Gasteiger partial charge >= 0.3 is 5.97 Å². The lowest BCUT2D eigenvalue weighted by Crippen LogP contribution is -2.27. The van der Waals surface area contributed by atoms with E-state index in [4.69, 9.17) is 4.74 Å². The molecule has 16 heavy (non-hydrogen) atoms. The molecule has 0 amide bonds. The molecule has 0 fully saturated rings. The van der Waals surface area contributed by atoms with Crippen LogP contribution in [-0.4, -0.2) is 26.2 Å². The molecule has 0 aromatic heterocycles. The molecule has 5 heteroatoms. The third-order valence-corrected chi connectivity index (χ3v) is 2.03. The zero-order valence-corrected chi connectivity index (χ0v) is 10.3. The van der Waals surface area contributed by atoms with E-state index in [1.54, 1.807) is 14.0 Å². The van der Waals surface area contributed by atoms with Crippen molar-refractivity contribution >= 4 is 24.1 Å². The molecule has 0 saturated heterocycles. The molecule has 0 bridgehead atoms. The topological polar surface area (TPSA) is 47.6 Å². The van der Waals surface area contributed by atoms with Gasteiger partial charge < -0.3 is 14.8 Å². The van der Waals surface area contributed by atoms with Crippen molar-refractivity contribution in [1.29, 1.82) is 0 Å². The maximum Gasteiger partial charge on any atom is 0.327 e. The molecule has 1 rings (SSSR count). The van der Waals surface area contributed by atoms with Gasteiger partial charge in [0.1, 0.15) is 11.8 Å². The Labute approximate surface area is 101 Å². The van der Waals surface area contributed by atoms with Crippen LogP contribution in [0, 0.1) is 0 Å². The number of hydrogen-bond acceptors (Lipinski definition) is 4. The third-order valence-electron chi connectivity index (χ3n) is 2.03. The van der Waals surface area contributed by atoms with Gasteiger partial charge in [0.2, 0.25) is 0 Å². The summed E-state index contributed by atoms with van der Waals surface area (Å²) in [6, 6.07) is 6.98. The van der Waals surface area contributed by atoms with Crippen LogP contribution in [-0.2, 0) is 9.53 Å². The zero-order valence-electron chi connectivity index (χ0n) is 9.52. The van der Waals surface area contributed by atoms with E-state index in [0.717, 1.165) is 11.4 Å². The van der Waals surface area contributed by atoms with Crippen LogP contribution in [0.5, 0.6) is 5.75 Å². The standard InChI is InChI=1S/C11H15NO3.ClH/c1-8(11(13)15-3)12-9-4-6-10(14-2)7-5-9;/h4-8,12H,1-3H3;1H/t8-;/m0./s1. The van der Waals surface area contributed by atoms with Crippen LogP contribution in [0.4, 0.5) is 5.69 Å². The van der Waals surface area contributed by atoms with Crippen molar-refractivity contribution in [2.24, 2.45) is 0 Å². The van der Waals surface area contributed by atoms with E-state index in [-0.39, 0.29) is 24.4 Å². The number of nitrogens with one attached hydrogen (secondary N) is 1. The smallest absolute Gasteiger partial charge is 0.327 e. The Morgan fingerprint density at radius 2 is 1.81 bits per heavy atom. The van der Waals surface area contributed by atoms with Crippen LogP contribution >= 0.6 is 12.4 Å². The van der Waals surface area contributed by atoms with Crippen LogP contribution in [0.2, 0.25) is 0 Å². The Bertz CT molecular complexity index is 327. The summed E-state index contributed by atoms with van der Waals surface area (Å²) in [5, 5.41) is 3.01. The first kappa shape index (κ1) is 14.6. The first-order valence-electron chi connectivity index (χ1n) is 4.65. The number of carbonyl (C=O) groups excluding carboxylic acids is 1. The molecule has 1 aromatic carbocycles. The molecule has 0 radical (unpaired) electrons. The summed E-state index contributed by atoms with van der Waals surface area (Å²) in [5.74, 6) is 0.497. The van der Waals surface area contributed by atoms with E-state index in [1.165, 1.54) is 7.11 Å². The number of anilines is 1. The predicted molar refractivity (Wildman–Crippen MR) is 65.3 cm³/mol. The van der Waals surface area contributed by atoms with E-state index in [2.05, 4.69) is 10.1 Å². The van der Waals surface area contributed by atoms with Crippen molar-refractivity contribution in [3.63, 3.8) is 0 Å². The van der Waals surface area contributed by atoms with Crippen molar-refractivity contribution in [2.75, 3.05) is 19.5 Å². The molecule has 1 N–H and O–H groups in total. The molecule has 4 nitrogen and oxygen atoms in total. The fourth-order valence-corrected chi connectivity index (χ4v) is 1.17. The molecule has 0 aliphatic heterocycles. The van der Waals surface area contributed by atoms with Gasteiger partial charge in [-0.2, -0.15) is 0 Å². The number of hydrogen-bond donors (Lipinski definition) is 1. The second kappa shape index (κ2) is 6.95. The summed E-state index contributed by atoms with van der Waals surface area (Å²) in [7, 11) is 2.98. The molecule has 1 atom stereocenters. The average molecular weight is 246 g/mol. The lowest BCUT2D eigenvalue weighted by atomic mass is 10.2. The van der Waals surface area contributed by atoms with Crippen LogP contribution in [0.25, 0.3) is 0 Å². The number of methoxy groups -OCH3 is 2. The summed E-state index contributed by atoms with van der Waals surface area (Å²) in [5.41, 5.74) is 0.855. The summed E-state index contributed by atoms with van der Waals surface area (Å²) >= 11 is 0. The van der Waals surface area contributed by atoms with Gasteiger partial charge in [-0.1, -0.05) is 0 Å². The van der Waals surface area contributed by atoms with Crippen molar-refractivity contribution in [1.82, 2.24) is 0 Å². The van der Waals surface area contributed by atoms with Crippen LogP contribution in [0.15, 0.2) is 24.3 Å². The molecule has 1 aromatic rings. The monoisotopic (exact) mass is 245 g/mol. The predicted octanol–water partition coefficient (Wildman–Crippen LogP) is 2.09. The third kappa shape index (κ3) is 3.98. The molecule has 0 aliphatic carbocycles. The van der Waals surface area contributed by atoms with Crippen molar-refractivity contribution < 1.29 is 14.3 Å². The van der Waals surface area contributed by atoms with Crippen molar-refractivity contribution in [3.05, 3.63) is 24.3 Å². The summed E-state index contributed by atoms with van der Waals surface area (Å²) < 4.78 is 9.63. The summed E-state index contributed by atoms with van der Waals surface area (Å²) in [6.07, 6.45) is 0. The van der Waals surface area contributed by atoms with E-state index in [9.17, 15) is 4.79 Å². The Morgan fingerprint density at radius 1 is 1.25 bits per heavy atom. The molecule has 0 unspecified atom stereocenters. The van der Waals surface area contributed by atoms with Gasteiger partial charge in [0.25, 0.3) is 0 Å². The van der Waals surface area contributed by atoms with Gasteiger partial charge in [0.15, 0.2) is 0 Å².